The number of pyridine rings is 1. The molecule has 4 heteroatoms. The quantitative estimate of drug-likeness (QED) is 0.358. The zero-order valence-electron chi connectivity index (χ0n) is 6.02. The summed E-state index contributed by atoms with van der Waals surface area (Å²) in [6.45, 7) is 1.56. The Balaban J connectivity index is 3.14. The smallest absolute Gasteiger partial charge is 0.143 e. The molecule has 1 heterocycles. The average Bonchev–Trinajstić information content (AvgIpc) is 2.04. The second-order valence-corrected chi connectivity index (χ2v) is 2.06. The molecule has 0 atom stereocenters. The van der Waals surface area contributed by atoms with Crippen molar-refractivity contribution in [3.8, 4) is 5.75 Å². The third kappa shape index (κ3) is 1.46. The van der Waals surface area contributed by atoms with Crippen molar-refractivity contribution in [2.75, 3.05) is 0 Å². The van der Waals surface area contributed by atoms with Crippen LogP contribution < -0.4 is 0 Å². The molecule has 1 rings (SSSR count). The lowest BCUT2D eigenvalue weighted by atomic mass is 10.2. The molecular weight excluding hydrogens is 144 g/mol. The van der Waals surface area contributed by atoms with E-state index in [0.29, 0.717) is 11.4 Å². The summed E-state index contributed by atoms with van der Waals surface area (Å²) in [5.41, 5.74) is 0.595. The van der Waals surface area contributed by atoms with Crippen LogP contribution in [-0.4, -0.2) is 21.0 Å². The van der Waals surface area contributed by atoms with E-state index in [4.69, 9.17) is 10.3 Å². The Labute approximate surface area is 63.8 Å². The molecule has 4 nitrogen and oxygen atoms in total. The van der Waals surface area contributed by atoms with Gasteiger partial charge in [-0.05, 0) is 19.1 Å². The van der Waals surface area contributed by atoms with Crippen molar-refractivity contribution in [1.82, 2.24) is 4.98 Å². The molecule has 0 aliphatic heterocycles. The Morgan fingerprint density at radius 1 is 1.64 bits per heavy atom. The Bertz CT molecular complexity index is 284. The highest BCUT2D eigenvalue weighted by molar-refractivity contribution is 5.98. The fourth-order valence-corrected chi connectivity index (χ4v) is 0.723. The lowest BCUT2D eigenvalue weighted by Gasteiger charge is -1.98. The molecule has 0 aliphatic rings. The molecule has 11 heavy (non-hydrogen) atoms. The van der Waals surface area contributed by atoms with Crippen molar-refractivity contribution >= 4 is 5.71 Å². The maximum absolute atomic E-state index is 9.16. The van der Waals surface area contributed by atoms with E-state index in [2.05, 4.69) is 10.1 Å². The van der Waals surface area contributed by atoms with Crippen LogP contribution in [0.15, 0.2) is 23.5 Å². The van der Waals surface area contributed by atoms with Crippen LogP contribution in [0.5, 0.6) is 5.75 Å². The number of rotatable bonds is 1. The first-order valence-electron chi connectivity index (χ1n) is 3.08. The van der Waals surface area contributed by atoms with Crippen LogP contribution in [0.3, 0.4) is 0 Å². The van der Waals surface area contributed by atoms with Gasteiger partial charge in [-0.1, -0.05) is 5.16 Å². The van der Waals surface area contributed by atoms with E-state index in [9.17, 15) is 0 Å². The van der Waals surface area contributed by atoms with Crippen LogP contribution in [0.4, 0.5) is 0 Å². The van der Waals surface area contributed by atoms with Gasteiger partial charge >= 0.3 is 0 Å². The highest BCUT2D eigenvalue weighted by atomic mass is 16.4. The maximum atomic E-state index is 9.16. The van der Waals surface area contributed by atoms with Gasteiger partial charge in [-0.15, -0.1) is 0 Å². The highest BCUT2D eigenvalue weighted by Gasteiger charge is 2.03. The van der Waals surface area contributed by atoms with Gasteiger partial charge in [0, 0.05) is 6.20 Å². The highest BCUT2D eigenvalue weighted by Crippen LogP contribution is 2.12. The van der Waals surface area contributed by atoms with E-state index in [1.807, 2.05) is 0 Å². The first kappa shape index (κ1) is 7.53. The minimum absolute atomic E-state index is 0.0165. The van der Waals surface area contributed by atoms with E-state index < -0.39 is 0 Å². The Morgan fingerprint density at radius 2 is 2.36 bits per heavy atom. The second-order valence-electron chi connectivity index (χ2n) is 2.06. The van der Waals surface area contributed by atoms with Crippen molar-refractivity contribution in [1.29, 1.82) is 0 Å². The molecule has 1 aromatic heterocycles. The summed E-state index contributed by atoms with van der Waals surface area (Å²) in [4.78, 5) is 3.81. The van der Waals surface area contributed by atoms with Crippen LogP contribution in [0.1, 0.15) is 12.6 Å². The lowest BCUT2D eigenvalue weighted by molar-refractivity contribution is 0.318. The van der Waals surface area contributed by atoms with Gasteiger partial charge in [-0.3, -0.25) is 4.98 Å². The van der Waals surface area contributed by atoms with Gasteiger partial charge in [-0.2, -0.15) is 0 Å². The predicted octanol–water partition coefficient (Wildman–Crippen LogP) is 0.985. The molecule has 0 aromatic carbocycles. The van der Waals surface area contributed by atoms with Crippen LogP contribution in [0.25, 0.3) is 0 Å². The van der Waals surface area contributed by atoms with Gasteiger partial charge in [0.25, 0.3) is 0 Å². The standard InChI is InChI=1S/C7H8N2O2/c1-5(9-11)7-6(10)3-2-4-8-7/h2-4,10-11H,1H3. The van der Waals surface area contributed by atoms with E-state index in [1.165, 1.54) is 12.3 Å². The van der Waals surface area contributed by atoms with Crippen LogP contribution in [0, 0.1) is 0 Å². The van der Waals surface area contributed by atoms with Crippen LogP contribution in [-0.2, 0) is 0 Å². The minimum Gasteiger partial charge on any atom is -0.506 e. The van der Waals surface area contributed by atoms with Gasteiger partial charge in [0.15, 0.2) is 0 Å². The fraction of sp³-hybridized carbons (Fsp3) is 0.143. The van der Waals surface area contributed by atoms with Crippen molar-refractivity contribution in [3.63, 3.8) is 0 Å². The monoisotopic (exact) mass is 152 g/mol. The van der Waals surface area contributed by atoms with Crippen LogP contribution in [0.2, 0.25) is 0 Å². The molecule has 1 aromatic rings. The average molecular weight is 152 g/mol. The van der Waals surface area contributed by atoms with Crippen molar-refractivity contribution in [2.45, 2.75) is 6.92 Å². The number of nitrogens with zero attached hydrogens (tertiary/aromatic N) is 2. The predicted molar refractivity (Wildman–Crippen MR) is 39.9 cm³/mol. The van der Waals surface area contributed by atoms with Crippen molar-refractivity contribution in [2.24, 2.45) is 5.16 Å². The summed E-state index contributed by atoms with van der Waals surface area (Å²) in [6, 6.07) is 3.08. The van der Waals surface area contributed by atoms with Crippen molar-refractivity contribution < 1.29 is 10.3 Å². The minimum atomic E-state index is 0.0165. The number of oxime groups is 1. The normalized spacial score (nSPS) is 11.5. The summed E-state index contributed by atoms with van der Waals surface area (Å²) in [6.07, 6.45) is 1.52. The topological polar surface area (TPSA) is 65.7 Å². The Morgan fingerprint density at radius 3 is 2.91 bits per heavy atom. The number of aromatic hydroxyl groups is 1. The zero-order valence-corrected chi connectivity index (χ0v) is 6.02. The molecule has 0 aliphatic carbocycles. The van der Waals surface area contributed by atoms with Gasteiger partial charge in [0.1, 0.15) is 17.2 Å². The molecule has 0 unspecified atom stereocenters. The molecule has 0 bridgehead atoms. The molecule has 0 spiro atoms. The molecule has 0 radical (unpaired) electrons. The van der Waals surface area contributed by atoms with Gasteiger partial charge in [0.2, 0.25) is 0 Å². The Kier molecular flexibility index (Phi) is 2.06. The summed E-state index contributed by atoms with van der Waals surface area (Å²) in [5, 5.41) is 20.4. The summed E-state index contributed by atoms with van der Waals surface area (Å²) >= 11 is 0. The van der Waals surface area contributed by atoms with Crippen LogP contribution >= 0.6 is 0 Å². The number of hydrogen-bond donors (Lipinski definition) is 2. The van der Waals surface area contributed by atoms with Gasteiger partial charge < -0.3 is 10.3 Å². The summed E-state index contributed by atoms with van der Waals surface area (Å²) in [5.74, 6) is 0.0165. The van der Waals surface area contributed by atoms with E-state index in [1.54, 1.807) is 13.0 Å². The first-order chi connectivity index (χ1) is 5.25. The van der Waals surface area contributed by atoms with Gasteiger partial charge in [-0.25, -0.2) is 0 Å². The zero-order chi connectivity index (χ0) is 8.27. The van der Waals surface area contributed by atoms with E-state index in [0.717, 1.165) is 0 Å². The molecule has 0 saturated carbocycles. The molecule has 0 saturated heterocycles. The maximum Gasteiger partial charge on any atom is 0.143 e. The fourth-order valence-electron chi connectivity index (χ4n) is 0.723. The number of hydrogen-bond acceptors (Lipinski definition) is 4. The second kappa shape index (κ2) is 3.01. The van der Waals surface area contributed by atoms with E-state index >= 15 is 0 Å². The molecular formula is C7H8N2O2. The molecule has 58 valence electrons. The third-order valence-corrected chi connectivity index (χ3v) is 1.28. The SMILES string of the molecule is CC(=NO)c1ncccc1O. The first-order valence-corrected chi connectivity index (χ1v) is 3.08. The summed E-state index contributed by atoms with van der Waals surface area (Å²) in [7, 11) is 0. The summed E-state index contributed by atoms with van der Waals surface area (Å²) < 4.78 is 0. The van der Waals surface area contributed by atoms with E-state index in [-0.39, 0.29) is 5.75 Å². The number of aromatic nitrogens is 1. The lowest BCUT2D eigenvalue weighted by Crippen LogP contribution is -1.97. The third-order valence-electron chi connectivity index (χ3n) is 1.28. The molecule has 2 N–H and O–H groups in total. The molecule has 0 fully saturated rings. The Hall–Kier alpha value is -1.58. The molecule has 0 amide bonds. The van der Waals surface area contributed by atoms with Gasteiger partial charge in [0.05, 0.1) is 0 Å². The van der Waals surface area contributed by atoms with Crippen molar-refractivity contribution in [3.05, 3.63) is 24.0 Å². The largest absolute Gasteiger partial charge is 0.506 e.